The molecular weight excluding hydrogens is 390 g/mol. The lowest BCUT2D eigenvalue weighted by Crippen LogP contribution is -2.48. The number of nitrogens with zero attached hydrogens (tertiary/aromatic N) is 1. The Hall–Kier alpha value is -2.40. The predicted octanol–water partition coefficient (Wildman–Crippen LogP) is 4.63. The van der Waals surface area contributed by atoms with Crippen LogP contribution in [0.4, 0.5) is 0 Å². The van der Waals surface area contributed by atoms with Gasteiger partial charge < -0.3 is 15.5 Å². The zero-order valence-corrected chi connectivity index (χ0v) is 18.9. The second-order valence-corrected chi connectivity index (χ2v) is 8.71. The van der Waals surface area contributed by atoms with Gasteiger partial charge in [0.1, 0.15) is 0 Å². The van der Waals surface area contributed by atoms with Crippen molar-refractivity contribution in [2.45, 2.75) is 65.1 Å². The monoisotopic (exact) mass is 423 g/mol. The smallest absolute Gasteiger partial charge is 0.239 e. The lowest BCUT2D eigenvalue weighted by Gasteiger charge is -2.36. The van der Waals surface area contributed by atoms with Gasteiger partial charge in [-0.05, 0) is 50.0 Å². The van der Waals surface area contributed by atoms with Crippen LogP contribution in [-0.4, -0.2) is 28.5 Å². The van der Waals surface area contributed by atoms with E-state index in [1.54, 1.807) is 0 Å². The van der Waals surface area contributed by atoms with E-state index in [4.69, 9.17) is 12.2 Å². The van der Waals surface area contributed by atoms with Gasteiger partial charge in [-0.25, -0.2) is 0 Å². The molecule has 4 nitrogen and oxygen atoms in total. The van der Waals surface area contributed by atoms with Crippen LogP contribution in [0.5, 0.6) is 0 Å². The van der Waals surface area contributed by atoms with Crippen LogP contribution < -0.4 is 10.6 Å². The second-order valence-electron chi connectivity index (χ2n) is 8.33. The number of rotatable bonds is 7. The van der Waals surface area contributed by atoms with Gasteiger partial charge in [-0.15, -0.1) is 0 Å². The molecule has 0 aliphatic heterocycles. The van der Waals surface area contributed by atoms with E-state index in [0.29, 0.717) is 17.7 Å². The van der Waals surface area contributed by atoms with Crippen LogP contribution >= 0.6 is 12.2 Å². The summed E-state index contributed by atoms with van der Waals surface area (Å²) in [6, 6.07) is 17.3. The number of amides is 1. The summed E-state index contributed by atoms with van der Waals surface area (Å²) < 4.78 is 0. The molecule has 1 amide bonds. The third-order valence-electron chi connectivity index (χ3n) is 5.76. The first-order valence-electron chi connectivity index (χ1n) is 10.9. The van der Waals surface area contributed by atoms with E-state index in [1.165, 1.54) is 36.0 Å². The number of benzene rings is 2. The molecule has 0 radical (unpaired) electrons. The highest BCUT2D eigenvalue weighted by Crippen LogP contribution is 2.24. The molecule has 1 fully saturated rings. The summed E-state index contributed by atoms with van der Waals surface area (Å²) in [5, 5.41) is 6.84. The molecule has 2 aromatic carbocycles. The quantitative estimate of drug-likeness (QED) is 0.638. The van der Waals surface area contributed by atoms with E-state index in [-0.39, 0.29) is 12.5 Å². The largest absolute Gasteiger partial charge is 0.353 e. The molecular formula is C25H33N3OS. The van der Waals surface area contributed by atoms with Crippen LogP contribution in [-0.2, 0) is 17.9 Å². The van der Waals surface area contributed by atoms with Crippen molar-refractivity contribution < 1.29 is 4.79 Å². The minimum absolute atomic E-state index is 0.0446. The van der Waals surface area contributed by atoms with Crippen LogP contribution in [0.15, 0.2) is 48.5 Å². The number of nitrogens with one attached hydrogen (secondary N) is 2. The average molecular weight is 424 g/mol. The molecule has 1 aliphatic rings. The maximum atomic E-state index is 12.3. The van der Waals surface area contributed by atoms with Gasteiger partial charge in [0.25, 0.3) is 0 Å². The van der Waals surface area contributed by atoms with E-state index >= 15 is 0 Å². The van der Waals surface area contributed by atoms with Crippen molar-refractivity contribution in [2.75, 3.05) is 6.54 Å². The molecule has 1 aliphatic carbocycles. The summed E-state index contributed by atoms with van der Waals surface area (Å²) in [6.45, 7) is 5.67. The Morgan fingerprint density at radius 1 is 0.900 bits per heavy atom. The first-order valence-corrected chi connectivity index (χ1v) is 11.3. The van der Waals surface area contributed by atoms with Crippen LogP contribution in [0.25, 0.3) is 0 Å². The molecule has 3 rings (SSSR count). The maximum Gasteiger partial charge on any atom is 0.239 e. The fraction of sp³-hybridized carbons (Fsp3) is 0.440. The van der Waals surface area contributed by atoms with Crippen molar-refractivity contribution in [2.24, 2.45) is 0 Å². The lowest BCUT2D eigenvalue weighted by molar-refractivity contribution is -0.120. The third kappa shape index (κ3) is 6.84. The van der Waals surface area contributed by atoms with Gasteiger partial charge in [0.15, 0.2) is 5.11 Å². The Kier molecular flexibility index (Phi) is 8.26. The number of hydrogen-bond donors (Lipinski definition) is 2. The van der Waals surface area contributed by atoms with Crippen molar-refractivity contribution >= 4 is 23.2 Å². The molecule has 0 aromatic heterocycles. The van der Waals surface area contributed by atoms with E-state index in [0.717, 1.165) is 24.9 Å². The summed E-state index contributed by atoms with van der Waals surface area (Å²) in [6.07, 6.45) is 6.11. The van der Waals surface area contributed by atoms with Crippen LogP contribution in [0.1, 0.15) is 54.4 Å². The van der Waals surface area contributed by atoms with Gasteiger partial charge in [-0.1, -0.05) is 78.9 Å². The fourth-order valence-electron chi connectivity index (χ4n) is 3.88. The van der Waals surface area contributed by atoms with Gasteiger partial charge in [0.2, 0.25) is 5.91 Å². The fourth-order valence-corrected chi connectivity index (χ4v) is 4.16. The topological polar surface area (TPSA) is 44.4 Å². The molecule has 0 saturated heterocycles. The van der Waals surface area contributed by atoms with Crippen LogP contribution in [0, 0.1) is 13.8 Å². The molecule has 0 bridgehead atoms. The Labute approximate surface area is 186 Å². The summed E-state index contributed by atoms with van der Waals surface area (Å²) >= 11 is 5.73. The highest BCUT2D eigenvalue weighted by molar-refractivity contribution is 7.80. The van der Waals surface area contributed by atoms with Gasteiger partial charge in [0.05, 0.1) is 6.54 Å². The standard InChI is InChI=1S/C25H33N3OS/c1-19-8-12-21(13-9-19)16-26-24(29)17-27-25(30)28(23-6-4-3-5-7-23)18-22-14-10-20(2)11-15-22/h8-15,23H,3-7,16-18H2,1-2H3,(H,26,29)(H,27,30). The van der Waals surface area contributed by atoms with Crippen molar-refractivity contribution in [1.82, 2.24) is 15.5 Å². The Bertz CT molecular complexity index is 826. The number of carbonyl (C=O) groups is 1. The zero-order chi connectivity index (χ0) is 21.3. The zero-order valence-electron chi connectivity index (χ0n) is 18.1. The molecule has 160 valence electrons. The third-order valence-corrected chi connectivity index (χ3v) is 6.14. The molecule has 0 spiro atoms. The van der Waals surface area contributed by atoms with Crippen molar-refractivity contribution in [3.63, 3.8) is 0 Å². The Morgan fingerprint density at radius 2 is 1.47 bits per heavy atom. The van der Waals surface area contributed by atoms with E-state index in [2.05, 4.69) is 65.8 Å². The number of aryl methyl sites for hydroxylation is 2. The Balaban J connectivity index is 1.54. The van der Waals surface area contributed by atoms with Crippen LogP contribution in [0.2, 0.25) is 0 Å². The lowest BCUT2D eigenvalue weighted by atomic mass is 9.94. The highest BCUT2D eigenvalue weighted by Gasteiger charge is 2.23. The molecule has 5 heteroatoms. The molecule has 2 N–H and O–H groups in total. The minimum atomic E-state index is -0.0446. The summed E-state index contributed by atoms with van der Waals surface area (Å²) in [7, 11) is 0. The first-order chi connectivity index (χ1) is 14.5. The van der Waals surface area contributed by atoms with Crippen molar-refractivity contribution in [3.8, 4) is 0 Å². The van der Waals surface area contributed by atoms with Gasteiger partial charge in [-0.3, -0.25) is 4.79 Å². The number of hydrogen-bond acceptors (Lipinski definition) is 2. The van der Waals surface area contributed by atoms with Crippen molar-refractivity contribution in [3.05, 3.63) is 70.8 Å². The summed E-state index contributed by atoms with van der Waals surface area (Å²) in [4.78, 5) is 14.6. The summed E-state index contributed by atoms with van der Waals surface area (Å²) in [5.41, 5.74) is 4.82. The second kappa shape index (κ2) is 11.1. The highest BCUT2D eigenvalue weighted by atomic mass is 32.1. The Morgan fingerprint density at radius 3 is 2.07 bits per heavy atom. The van der Waals surface area contributed by atoms with Gasteiger partial charge in [0, 0.05) is 19.1 Å². The number of carbonyl (C=O) groups excluding carboxylic acids is 1. The molecule has 1 saturated carbocycles. The SMILES string of the molecule is Cc1ccc(CNC(=O)CNC(=S)N(Cc2ccc(C)cc2)C2CCCCC2)cc1. The molecule has 2 aromatic rings. The molecule has 0 atom stereocenters. The first kappa shape index (κ1) is 22.3. The van der Waals surface area contributed by atoms with E-state index in [9.17, 15) is 4.79 Å². The normalized spacial score (nSPS) is 14.2. The van der Waals surface area contributed by atoms with Crippen molar-refractivity contribution in [1.29, 1.82) is 0 Å². The molecule has 0 unspecified atom stereocenters. The predicted molar refractivity (Wildman–Crippen MR) is 127 cm³/mol. The average Bonchev–Trinajstić information content (AvgIpc) is 2.77. The maximum absolute atomic E-state index is 12.3. The van der Waals surface area contributed by atoms with Gasteiger partial charge >= 0.3 is 0 Å². The van der Waals surface area contributed by atoms with E-state index in [1.807, 2.05) is 12.1 Å². The molecule has 0 heterocycles. The summed E-state index contributed by atoms with van der Waals surface area (Å²) in [5.74, 6) is -0.0446. The number of thiocarbonyl (C=S) groups is 1. The van der Waals surface area contributed by atoms with E-state index < -0.39 is 0 Å². The van der Waals surface area contributed by atoms with Gasteiger partial charge in [-0.2, -0.15) is 0 Å². The minimum Gasteiger partial charge on any atom is -0.353 e. The van der Waals surface area contributed by atoms with Crippen LogP contribution in [0.3, 0.4) is 0 Å². The molecule has 30 heavy (non-hydrogen) atoms.